The van der Waals surface area contributed by atoms with Crippen molar-refractivity contribution in [1.29, 1.82) is 0 Å². The largest absolute Gasteiger partial charge is 0.327 e. The molecule has 1 aromatic carbocycles. The number of halogens is 1. The number of benzene rings is 1. The maximum absolute atomic E-state index is 15.2. The third-order valence-electron chi connectivity index (χ3n) is 2.92. The SMILES string of the molecule is CCCn1ncnc1C(F)(CN)c1ccccc1. The van der Waals surface area contributed by atoms with Crippen LogP contribution in [0.2, 0.25) is 0 Å². The number of hydrogen-bond acceptors (Lipinski definition) is 3. The van der Waals surface area contributed by atoms with Gasteiger partial charge in [0.05, 0.1) is 0 Å². The van der Waals surface area contributed by atoms with Gasteiger partial charge in [0.1, 0.15) is 6.33 Å². The quantitative estimate of drug-likeness (QED) is 0.878. The number of rotatable bonds is 5. The normalized spacial score (nSPS) is 14.4. The first-order valence-corrected chi connectivity index (χ1v) is 6.05. The molecule has 5 heteroatoms. The standard InChI is InChI=1S/C13H17FN4/c1-2-8-18-12(16-10-17-18)13(14,9-15)11-6-4-3-5-7-11/h3-7,10H,2,8-9,15H2,1H3. The van der Waals surface area contributed by atoms with E-state index in [1.165, 1.54) is 6.33 Å². The van der Waals surface area contributed by atoms with Crippen LogP contribution in [0.15, 0.2) is 36.7 Å². The van der Waals surface area contributed by atoms with Gasteiger partial charge in [0.15, 0.2) is 5.82 Å². The fourth-order valence-electron chi connectivity index (χ4n) is 1.99. The average Bonchev–Trinajstić information content (AvgIpc) is 2.88. The highest BCUT2D eigenvalue weighted by molar-refractivity contribution is 5.29. The van der Waals surface area contributed by atoms with Gasteiger partial charge in [-0.05, 0) is 12.0 Å². The van der Waals surface area contributed by atoms with Gasteiger partial charge in [0.25, 0.3) is 0 Å². The van der Waals surface area contributed by atoms with Gasteiger partial charge >= 0.3 is 0 Å². The first-order chi connectivity index (χ1) is 8.72. The molecule has 1 aromatic heterocycles. The number of alkyl halides is 1. The molecule has 0 fully saturated rings. The molecule has 1 unspecified atom stereocenters. The summed E-state index contributed by atoms with van der Waals surface area (Å²) >= 11 is 0. The molecule has 2 rings (SSSR count). The zero-order chi connectivity index (χ0) is 13.0. The Balaban J connectivity index is 2.46. The van der Waals surface area contributed by atoms with E-state index in [2.05, 4.69) is 10.1 Å². The molecule has 0 saturated carbocycles. The number of aromatic nitrogens is 3. The molecule has 18 heavy (non-hydrogen) atoms. The van der Waals surface area contributed by atoms with Crippen LogP contribution >= 0.6 is 0 Å². The summed E-state index contributed by atoms with van der Waals surface area (Å²) in [4.78, 5) is 4.05. The van der Waals surface area contributed by atoms with Crippen molar-refractivity contribution in [1.82, 2.24) is 14.8 Å². The van der Waals surface area contributed by atoms with Gasteiger partial charge in [-0.3, -0.25) is 0 Å². The van der Waals surface area contributed by atoms with Crippen molar-refractivity contribution in [3.05, 3.63) is 48.0 Å². The Labute approximate surface area is 106 Å². The van der Waals surface area contributed by atoms with E-state index in [0.717, 1.165) is 6.42 Å². The first-order valence-electron chi connectivity index (χ1n) is 6.05. The summed E-state index contributed by atoms with van der Waals surface area (Å²) in [6.45, 7) is 2.49. The Morgan fingerprint density at radius 1 is 1.33 bits per heavy atom. The minimum atomic E-state index is -1.78. The number of hydrogen-bond donors (Lipinski definition) is 1. The van der Waals surface area contributed by atoms with Gasteiger partial charge < -0.3 is 5.73 Å². The lowest BCUT2D eigenvalue weighted by Crippen LogP contribution is -2.35. The van der Waals surface area contributed by atoms with Crippen LogP contribution in [-0.4, -0.2) is 21.3 Å². The monoisotopic (exact) mass is 248 g/mol. The van der Waals surface area contributed by atoms with Crippen LogP contribution < -0.4 is 5.73 Å². The van der Waals surface area contributed by atoms with Crippen molar-refractivity contribution in [3.8, 4) is 0 Å². The fourth-order valence-corrected chi connectivity index (χ4v) is 1.99. The van der Waals surface area contributed by atoms with E-state index >= 15 is 4.39 Å². The lowest BCUT2D eigenvalue weighted by Gasteiger charge is -2.23. The van der Waals surface area contributed by atoms with Gasteiger partial charge in [-0.25, -0.2) is 14.1 Å². The Morgan fingerprint density at radius 3 is 2.67 bits per heavy atom. The zero-order valence-electron chi connectivity index (χ0n) is 10.4. The highest BCUT2D eigenvalue weighted by atomic mass is 19.1. The lowest BCUT2D eigenvalue weighted by molar-refractivity contribution is 0.207. The van der Waals surface area contributed by atoms with Gasteiger partial charge in [0.2, 0.25) is 5.67 Å². The molecule has 1 heterocycles. The van der Waals surface area contributed by atoms with E-state index in [1.807, 2.05) is 13.0 Å². The second kappa shape index (κ2) is 5.27. The summed E-state index contributed by atoms with van der Waals surface area (Å²) in [7, 11) is 0. The molecule has 0 bridgehead atoms. The van der Waals surface area contributed by atoms with Crippen molar-refractivity contribution in [3.63, 3.8) is 0 Å². The van der Waals surface area contributed by atoms with Crippen molar-refractivity contribution in [2.24, 2.45) is 5.73 Å². The van der Waals surface area contributed by atoms with Crippen LogP contribution in [0.1, 0.15) is 24.7 Å². The van der Waals surface area contributed by atoms with Crippen LogP contribution in [0, 0.1) is 0 Å². The zero-order valence-corrected chi connectivity index (χ0v) is 10.4. The van der Waals surface area contributed by atoms with E-state index in [9.17, 15) is 0 Å². The van der Waals surface area contributed by atoms with E-state index in [-0.39, 0.29) is 12.4 Å². The topological polar surface area (TPSA) is 56.7 Å². The van der Waals surface area contributed by atoms with Crippen LogP contribution in [0.4, 0.5) is 4.39 Å². The van der Waals surface area contributed by atoms with Crippen molar-refractivity contribution >= 4 is 0 Å². The second-order valence-electron chi connectivity index (χ2n) is 4.18. The lowest BCUT2D eigenvalue weighted by atomic mass is 9.95. The molecule has 0 aliphatic heterocycles. The number of nitrogens with zero attached hydrogens (tertiary/aromatic N) is 3. The summed E-state index contributed by atoms with van der Waals surface area (Å²) in [6, 6.07) is 8.87. The molecular weight excluding hydrogens is 231 g/mol. The molecule has 0 aliphatic rings. The maximum Gasteiger partial charge on any atom is 0.206 e. The molecule has 1 atom stereocenters. The average molecular weight is 248 g/mol. The molecule has 2 N–H and O–H groups in total. The Hall–Kier alpha value is -1.75. The molecule has 4 nitrogen and oxygen atoms in total. The number of nitrogens with two attached hydrogens (primary N) is 1. The third kappa shape index (κ3) is 2.13. The molecule has 0 saturated heterocycles. The van der Waals surface area contributed by atoms with Gasteiger partial charge in [-0.15, -0.1) is 0 Å². The summed E-state index contributed by atoms with van der Waals surface area (Å²) in [5.41, 5.74) is 4.37. The minimum absolute atomic E-state index is 0.153. The third-order valence-corrected chi connectivity index (χ3v) is 2.92. The van der Waals surface area contributed by atoms with Gasteiger partial charge in [-0.2, -0.15) is 5.10 Å². The summed E-state index contributed by atoms with van der Waals surface area (Å²) < 4.78 is 16.7. The molecule has 0 radical (unpaired) electrons. The summed E-state index contributed by atoms with van der Waals surface area (Å²) in [6.07, 6.45) is 2.24. The highest BCUT2D eigenvalue weighted by Crippen LogP contribution is 2.31. The van der Waals surface area contributed by atoms with Crippen LogP contribution in [0.25, 0.3) is 0 Å². The Kier molecular flexibility index (Phi) is 3.72. The molecule has 2 aromatic rings. The molecule has 0 aliphatic carbocycles. The second-order valence-corrected chi connectivity index (χ2v) is 4.18. The Morgan fingerprint density at radius 2 is 2.06 bits per heavy atom. The summed E-state index contributed by atoms with van der Waals surface area (Å²) in [5.74, 6) is 0.276. The minimum Gasteiger partial charge on any atom is -0.327 e. The van der Waals surface area contributed by atoms with Gasteiger partial charge in [0, 0.05) is 13.1 Å². The molecule has 0 spiro atoms. The van der Waals surface area contributed by atoms with E-state index in [4.69, 9.17) is 5.73 Å². The highest BCUT2D eigenvalue weighted by Gasteiger charge is 2.37. The fraction of sp³-hybridized carbons (Fsp3) is 0.385. The smallest absolute Gasteiger partial charge is 0.206 e. The number of aryl methyl sites for hydroxylation is 1. The van der Waals surface area contributed by atoms with E-state index in [1.54, 1.807) is 28.9 Å². The van der Waals surface area contributed by atoms with Crippen LogP contribution in [-0.2, 0) is 12.2 Å². The van der Waals surface area contributed by atoms with E-state index in [0.29, 0.717) is 12.1 Å². The van der Waals surface area contributed by atoms with Crippen LogP contribution in [0.3, 0.4) is 0 Å². The van der Waals surface area contributed by atoms with Crippen molar-refractivity contribution in [2.45, 2.75) is 25.6 Å². The van der Waals surface area contributed by atoms with Crippen molar-refractivity contribution in [2.75, 3.05) is 6.54 Å². The predicted molar refractivity (Wildman–Crippen MR) is 67.7 cm³/mol. The molecular formula is C13H17FN4. The van der Waals surface area contributed by atoms with Crippen LogP contribution in [0.5, 0.6) is 0 Å². The first kappa shape index (κ1) is 12.7. The summed E-state index contributed by atoms with van der Waals surface area (Å²) in [5, 5.41) is 4.06. The molecule has 0 amide bonds. The van der Waals surface area contributed by atoms with Crippen molar-refractivity contribution < 1.29 is 4.39 Å². The maximum atomic E-state index is 15.2. The Bertz CT molecular complexity index is 497. The van der Waals surface area contributed by atoms with Gasteiger partial charge in [-0.1, -0.05) is 37.3 Å². The van der Waals surface area contributed by atoms with E-state index < -0.39 is 5.67 Å². The predicted octanol–water partition coefficient (Wildman–Crippen LogP) is 1.86. The molecule has 96 valence electrons.